The molecule has 0 unspecified atom stereocenters. The van der Waals surface area contributed by atoms with E-state index in [1.165, 1.54) is 0 Å². The third kappa shape index (κ3) is 3.10. The Labute approximate surface area is 109 Å². The van der Waals surface area contributed by atoms with Gasteiger partial charge in [-0.3, -0.25) is 4.79 Å². The molecular formula is C15H21NO2. The van der Waals surface area contributed by atoms with E-state index >= 15 is 0 Å². The van der Waals surface area contributed by atoms with Crippen LogP contribution < -0.4 is 0 Å². The molecule has 1 aromatic rings. The molecule has 1 amide bonds. The second kappa shape index (κ2) is 6.01. The lowest BCUT2D eigenvalue weighted by Crippen LogP contribution is -2.39. The van der Waals surface area contributed by atoms with Crippen molar-refractivity contribution in [2.45, 2.75) is 19.8 Å². The third-order valence-corrected chi connectivity index (χ3v) is 3.57. The maximum atomic E-state index is 12.3. The number of hydrogen-bond acceptors (Lipinski definition) is 2. The van der Waals surface area contributed by atoms with E-state index in [0.717, 1.165) is 43.7 Å². The van der Waals surface area contributed by atoms with Gasteiger partial charge in [0, 0.05) is 32.4 Å². The molecule has 3 nitrogen and oxygen atoms in total. The van der Waals surface area contributed by atoms with E-state index in [4.69, 9.17) is 4.74 Å². The number of piperidine rings is 1. The predicted octanol–water partition coefficient (Wildman–Crippen LogP) is 2.49. The van der Waals surface area contributed by atoms with Crippen LogP contribution in [0.4, 0.5) is 0 Å². The second-order valence-electron chi connectivity index (χ2n) is 5.06. The highest BCUT2D eigenvalue weighted by Crippen LogP contribution is 2.19. The fraction of sp³-hybridized carbons (Fsp3) is 0.533. The van der Waals surface area contributed by atoms with Crippen molar-refractivity contribution in [2.24, 2.45) is 5.92 Å². The van der Waals surface area contributed by atoms with Gasteiger partial charge in [0.25, 0.3) is 5.91 Å². The van der Waals surface area contributed by atoms with E-state index in [9.17, 15) is 4.79 Å². The van der Waals surface area contributed by atoms with E-state index < -0.39 is 0 Å². The molecule has 0 aromatic heterocycles. The molecule has 0 atom stereocenters. The van der Waals surface area contributed by atoms with Crippen LogP contribution in [0, 0.1) is 12.8 Å². The molecule has 1 aromatic carbocycles. The van der Waals surface area contributed by atoms with Gasteiger partial charge < -0.3 is 9.64 Å². The Balaban J connectivity index is 1.95. The Bertz CT molecular complexity index is 409. The van der Waals surface area contributed by atoms with Crippen LogP contribution in [0.15, 0.2) is 24.3 Å². The molecule has 0 radical (unpaired) electrons. The summed E-state index contributed by atoms with van der Waals surface area (Å²) in [4.78, 5) is 14.3. The summed E-state index contributed by atoms with van der Waals surface area (Å²) in [6, 6.07) is 7.82. The molecule has 0 spiro atoms. The minimum absolute atomic E-state index is 0.162. The summed E-state index contributed by atoms with van der Waals surface area (Å²) in [6.07, 6.45) is 2.09. The van der Waals surface area contributed by atoms with Gasteiger partial charge in [0.2, 0.25) is 0 Å². The van der Waals surface area contributed by atoms with Crippen LogP contribution in [-0.2, 0) is 4.74 Å². The van der Waals surface area contributed by atoms with Crippen LogP contribution in [0.2, 0.25) is 0 Å². The molecule has 1 saturated heterocycles. The van der Waals surface area contributed by atoms with Crippen molar-refractivity contribution in [3.63, 3.8) is 0 Å². The molecule has 3 heteroatoms. The number of benzene rings is 1. The number of hydrogen-bond donors (Lipinski definition) is 0. The van der Waals surface area contributed by atoms with Crippen LogP contribution in [0.1, 0.15) is 28.8 Å². The average Bonchev–Trinajstić information content (AvgIpc) is 2.39. The molecule has 1 aliphatic rings. The van der Waals surface area contributed by atoms with Gasteiger partial charge in [0.1, 0.15) is 0 Å². The molecule has 0 N–H and O–H groups in total. The van der Waals surface area contributed by atoms with Crippen LogP contribution in [-0.4, -0.2) is 37.6 Å². The first-order chi connectivity index (χ1) is 8.70. The molecule has 2 rings (SSSR count). The predicted molar refractivity (Wildman–Crippen MR) is 71.7 cm³/mol. The van der Waals surface area contributed by atoms with Crippen LogP contribution in [0.25, 0.3) is 0 Å². The second-order valence-corrected chi connectivity index (χ2v) is 5.06. The summed E-state index contributed by atoms with van der Waals surface area (Å²) in [5, 5.41) is 0. The molecule has 98 valence electrons. The fourth-order valence-electron chi connectivity index (χ4n) is 2.50. The first-order valence-corrected chi connectivity index (χ1v) is 6.55. The van der Waals surface area contributed by atoms with E-state index in [0.29, 0.717) is 5.92 Å². The lowest BCUT2D eigenvalue weighted by molar-refractivity contribution is 0.0613. The van der Waals surface area contributed by atoms with Crippen molar-refractivity contribution in [1.29, 1.82) is 0 Å². The zero-order chi connectivity index (χ0) is 13.0. The minimum atomic E-state index is 0.162. The number of ether oxygens (including phenoxy) is 1. The standard InChI is InChI=1S/C15H21NO2/c1-12-4-3-5-14(10-12)15(17)16-8-6-13(7-9-16)11-18-2/h3-5,10,13H,6-9,11H2,1-2H3. The van der Waals surface area contributed by atoms with Crippen molar-refractivity contribution >= 4 is 5.91 Å². The molecule has 0 saturated carbocycles. The minimum Gasteiger partial charge on any atom is -0.384 e. The first-order valence-electron chi connectivity index (χ1n) is 6.55. The summed E-state index contributed by atoms with van der Waals surface area (Å²) in [6.45, 7) is 4.52. The number of likely N-dealkylation sites (tertiary alicyclic amines) is 1. The SMILES string of the molecule is COCC1CCN(C(=O)c2cccc(C)c2)CC1. The zero-order valence-electron chi connectivity index (χ0n) is 11.2. The lowest BCUT2D eigenvalue weighted by atomic mass is 9.97. The van der Waals surface area contributed by atoms with Gasteiger partial charge in [0.05, 0.1) is 0 Å². The van der Waals surface area contributed by atoms with Crippen molar-refractivity contribution in [1.82, 2.24) is 4.90 Å². The summed E-state index contributed by atoms with van der Waals surface area (Å²) < 4.78 is 5.17. The Morgan fingerprint density at radius 1 is 1.39 bits per heavy atom. The summed E-state index contributed by atoms with van der Waals surface area (Å²) in [7, 11) is 1.74. The van der Waals surface area contributed by atoms with Crippen molar-refractivity contribution in [2.75, 3.05) is 26.8 Å². The molecule has 0 aliphatic carbocycles. The van der Waals surface area contributed by atoms with Crippen LogP contribution in [0.3, 0.4) is 0 Å². The normalized spacial score (nSPS) is 16.9. The highest BCUT2D eigenvalue weighted by Gasteiger charge is 2.23. The maximum absolute atomic E-state index is 12.3. The van der Waals surface area contributed by atoms with Crippen LogP contribution in [0.5, 0.6) is 0 Å². The number of carbonyl (C=O) groups is 1. The van der Waals surface area contributed by atoms with Gasteiger partial charge in [-0.05, 0) is 37.8 Å². The smallest absolute Gasteiger partial charge is 0.253 e. The first kappa shape index (κ1) is 13.1. The highest BCUT2D eigenvalue weighted by molar-refractivity contribution is 5.94. The van der Waals surface area contributed by atoms with E-state index in [1.54, 1.807) is 7.11 Å². The van der Waals surface area contributed by atoms with Gasteiger partial charge in [-0.2, -0.15) is 0 Å². The van der Waals surface area contributed by atoms with E-state index in [1.807, 2.05) is 36.1 Å². The Kier molecular flexibility index (Phi) is 4.37. The number of carbonyl (C=O) groups excluding carboxylic acids is 1. The van der Waals surface area contributed by atoms with Crippen molar-refractivity contribution in [3.05, 3.63) is 35.4 Å². The molecular weight excluding hydrogens is 226 g/mol. The largest absolute Gasteiger partial charge is 0.384 e. The van der Waals surface area contributed by atoms with E-state index in [2.05, 4.69) is 0 Å². The molecule has 18 heavy (non-hydrogen) atoms. The number of rotatable bonds is 3. The Hall–Kier alpha value is -1.35. The monoisotopic (exact) mass is 247 g/mol. The third-order valence-electron chi connectivity index (χ3n) is 3.57. The van der Waals surface area contributed by atoms with Crippen LogP contribution >= 0.6 is 0 Å². The topological polar surface area (TPSA) is 29.5 Å². The van der Waals surface area contributed by atoms with Gasteiger partial charge in [-0.15, -0.1) is 0 Å². The van der Waals surface area contributed by atoms with Gasteiger partial charge in [-0.1, -0.05) is 17.7 Å². The summed E-state index contributed by atoms with van der Waals surface area (Å²) in [5.74, 6) is 0.770. The molecule has 1 heterocycles. The number of methoxy groups -OCH3 is 1. The molecule has 1 fully saturated rings. The van der Waals surface area contributed by atoms with Gasteiger partial charge in [-0.25, -0.2) is 0 Å². The average molecular weight is 247 g/mol. The Morgan fingerprint density at radius 2 is 2.11 bits per heavy atom. The maximum Gasteiger partial charge on any atom is 0.253 e. The molecule has 1 aliphatic heterocycles. The fourth-order valence-corrected chi connectivity index (χ4v) is 2.50. The quantitative estimate of drug-likeness (QED) is 0.821. The number of nitrogens with zero attached hydrogens (tertiary/aromatic N) is 1. The van der Waals surface area contributed by atoms with Crippen molar-refractivity contribution < 1.29 is 9.53 Å². The van der Waals surface area contributed by atoms with Gasteiger partial charge in [0.15, 0.2) is 0 Å². The Morgan fingerprint density at radius 3 is 2.72 bits per heavy atom. The highest BCUT2D eigenvalue weighted by atomic mass is 16.5. The summed E-state index contributed by atoms with van der Waals surface area (Å²) in [5.41, 5.74) is 1.94. The lowest BCUT2D eigenvalue weighted by Gasteiger charge is -2.31. The number of amides is 1. The van der Waals surface area contributed by atoms with Crippen molar-refractivity contribution in [3.8, 4) is 0 Å². The zero-order valence-corrected chi connectivity index (χ0v) is 11.2. The van der Waals surface area contributed by atoms with Gasteiger partial charge >= 0.3 is 0 Å². The van der Waals surface area contributed by atoms with E-state index in [-0.39, 0.29) is 5.91 Å². The molecule has 0 bridgehead atoms. The summed E-state index contributed by atoms with van der Waals surface area (Å²) >= 11 is 0. The number of aryl methyl sites for hydroxylation is 1.